The van der Waals surface area contributed by atoms with Gasteiger partial charge in [-0.3, -0.25) is 9.36 Å². The van der Waals surface area contributed by atoms with Crippen LogP contribution in [-0.4, -0.2) is 27.1 Å². The van der Waals surface area contributed by atoms with Gasteiger partial charge in [-0.1, -0.05) is 29.8 Å². The number of benzene rings is 2. The van der Waals surface area contributed by atoms with Crippen LogP contribution in [0.3, 0.4) is 0 Å². The average Bonchev–Trinajstić information content (AvgIpc) is 3.06. The molecule has 158 valence electrons. The van der Waals surface area contributed by atoms with E-state index in [2.05, 4.69) is 10.3 Å². The first-order valence-corrected chi connectivity index (χ1v) is 10.0. The molecule has 1 N–H and O–H groups in total. The number of aromatic nitrogens is 3. The molecule has 0 aliphatic heterocycles. The maximum absolute atomic E-state index is 13.2. The Morgan fingerprint density at radius 3 is 2.48 bits per heavy atom. The number of nitrogens with one attached hydrogen (secondary N) is 1. The molecule has 2 aromatic carbocycles. The molecule has 2 aromatic heterocycles. The van der Waals surface area contributed by atoms with Crippen LogP contribution in [0.1, 0.15) is 24.1 Å². The number of pyridine rings is 1. The van der Waals surface area contributed by atoms with Crippen LogP contribution in [0.15, 0.2) is 71.7 Å². The zero-order valence-electron chi connectivity index (χ0n) is 17.7. The molecule has 0 bridgehead atoms. The lowest BCUT2D eigenvalue weighted by Gasteiger charge is -2.15. The van der Waals surface area contributed by atoms with Crippen molar-refractivity contribution in [2.75, 3.05) is 7.11 Å². The molecule has 31 heavy (non-hydrogen) atoms. The number of nitrogens with zero attached hydrogens (tertiary/aromatic N) is 3. The molecule has 4 rings (SSSR count). The zero-order chi connectivity index (χ0) is 22.0. The fraction of sp³-hybridized carbons (Fsp3) is 0.208. The SMILES string of the molecule is COc1ccc([C@H](C)NC(=O)Cn2c(=O)n(-c3ccc(C)cc3)c3ncccc32)cc1. The van der Waals surface area contributed by atoms with Gasteiger partial charge in [0.1, 0.15) is 12.3 Å². The van der Waals surface area contributed by atoms with Crippen molar-refractivity contribution in [3.63, 3.8) is 0 Å². The highest BCUT2D eigenvalue weighted by Crippen LogP contribution is 2.18. The van der Waals surface area contributed by atoms with Crippen molar-refractivity contribution >= 4 is 17.1 Å². The first-order valence-electron chi connectivity index (χ1n) is 10.0. The van der Waals surface area contributed by atoms with E-state index in [9.17, 15) is 9.59 Å². The Labute approximate surface area is 179 Å². The van der Waals surface area contributed by atoms with Gasteiger partial charge >= 0.3 is 5.69 Å². The van der Waals surface area contributed by atoms with Crippen LogP contribution in [0.4, 0.5) is 0 Å². The van der Waals surface area contributed by atoms with E-state index in [1.165, 1.54) is 9.13 Å². The number of imidazole rings is 1. The number of amides is 1. The van der Waals surface area contributed by atoms with Gasteiger partial charge in [-0.2, -0.15) is 0 Å². The summed E-state index contributed by atoms with van der Waals surface area (Å²) in [7, 11) is 1.61. The van der Waals surface area contributed by atoms with E-state index < -0.39 is 0 Å². The minimum atomic E-state index is -0.301. The third-order valence-corrected chi connectivity index (χ3v) is 5.28. The van der Waals surface area contributed by atoms with Gasteiger partial charge < -0.3 is 10.1 Å². The van der Waals surface area contributed by atoms with E-state index in [0.29, 0.717) is 16.9 Å². The minimum Gasteiger partial charge on any atom is -0.497 e. The number of methoxy groups -OCH3 is 1. The smallest absolute Gasteiger partial charge is 0.335 e. The second kappa shape index (κ2) is 8.47. The molecule has 2 heterocycles. The predicted octanol–water partition coefficient (Wildman–Crippen LogP) is 3.38. The Morgan fingerprint density at radius 1 is 1.10 bits per heavy atom. The van der Waals surface area contributed by atoms with Crippen molar-refractivity contribution in [1.82, 2.24) is 19.4 Å². The van der Waals surface area contributed by atoms with Crippen molar-refractivity contribution < 1.29 is 9.53 Å². The van der Waals surface area contributed by atoms with Gasteiger partial charge in [0.15, 0.2) is 5.65 Å². The Hall–Kier alpha value is -3.87. The van der Waals surface area contributed by atoms with Gasteiger partial charge in [0, 0.05) is 6.20 Å². The Morgan fingerprint density at radius 2 is 1.81 bits per heavy atom. The Balaban J connectivity index is 1.62. The lowest BCUT2D eigenvalue weighted by atomic mass is 10.1. The number of aryl methyl sites for hydroxylation is 1. The first-order chi connectivity index (χ1) is 15.0. The molecule has 1 atom stereocenters. The summed E-state index contributed by atoms with van der Waals surface area (Å²) in [6, 6.07) is 18.5. The Kier molecular flexibility index (Phi) is 5.58. The maximum atomic E-state index is 13.2. The van der Waals surface area contributed by atoms with E-state index in [0.717, 1.165) is 16.9 Å². The maximum Gasteiger partial charge on any atom is 0.335 e. The van der Waals surface area contributed by atoms with Crippen LogP contribution in [0, 0.1) is 6.92 Å². The molecule has 7 heteroatoms. The van der Waals surface area contributed by atoms with Crippen molar-refractivity contribution in [3.05, 3.63) is 88.5 Å². The molecule has 0 aliphatic rings. The van der Waals surface area contributed by atoms with Crippen LogP contribution < -0.4 is 15.7 Å². The third kappa shape index (κ3) is 4.07. The molecule has 0 unspecified atom stereocenters. The lowest BCUT2D eigenvalue weighted by Crippen LogP contribution is -2.34. The highest BCUT2D eigenvalue weighted by Gasteiger charge is 2.18. The predicted molar refractivity (Wildman–Crippen MR) is 120 cm³/mol. The minimum absolute atomic E-state index is 0.0968. The van der Waals surface area contributed by atoms with Crippen LogP contribution in [0.5, 0.6) is 5.75 Å². The quantitative estimate of drug-likeness (QED) is 0.523. The van der Waals surface area contributed by atoms with E-state index >= 15 is 0 Å². The normalized spacial score (nSPS) is 12.0. The second-order valence-corrected chi connectivity index (χ2v) is 7.45. The van der Waals surface area contributed by atoms with Gasteiger partial charge in [-0.15, -0.1) is 0 Å². The monoisotopic (exact) mass is 416 g/mol. The van der Waals surface area contributed by atoms with Gasteiger partial charge in [0.25, 0.3) is 0 Å². The van der Waals surface area contributed by atoms with Gasteiger partial charge in [0.2, 0.25) is 5.91 Å². The van der Waals surface area contributed by atoms with Crippen LogP contribution in [-0.2, 0) is 11.3 Å². The largest absolute Gasteiger partial charge is 0.497 e. The number of carbonyl (C=O) groups excluding carboxylic acids is 1. The van der Waals surface area contributed by atoms with Crippen molar-refractivity contribution in [1.29, 1.82) is 0 Å². The van der Waals surface area contributed by atoms with E-state index in [1.807, 2.05) is 62.4 Å². The topological polar surface area (TPSA) is 78.1 Å². The molecular weight excluding hydrogens is 392 g/mol. The summed E-state index contributed by atoms with van der Waals surface area (Å²) >= 11 is 0. The molecule has 0 saturated heterocycles. The third-order valence-electron chi connectivity index (χ3n) is 5.28. The van der Waals surface area contributed by atoms with Crippen molar-refractivity contribution in [2.45, 2.75) is 26.4 Å². The van der Waals surface area contributed by atoms with Gasteiger partial charge in [-0.05, 0) is 55.8 Å². The highest BCUT2D eigenvalue weighted by atomic mass is 16.5. The van der Waals surface area contributed by atoms with Crippen LogP contribution in [0.2, 0.25) is 0 Å². The summed E-state index contributed by atoms with van der Waals surface area (Å²) in [6.45, 7) is 3.79. The van der Waals surface area contributed by atoms with E-state index in [4.69, 9.17) is 4.74 Å². The first kappa shape index (κ1) is 20.4. The molecular formula is C24H24N4O3. The van der Waals surface area contributed by atoms with Crippen LogP contribution >= 0.6 is 0 Å². The van der Waals surface area contributed by atoms with Gasteiger partial charge in [-0.25, -0.2) is 14.3 Å². The molecule has 0 spiro atoms. The molecule has 7 nitrogen and oxygen atoms in total. The number of carbonyl (C=O) groups is 1. The fourth-order valence-electron chi connectivity index (χ4n) is 3.57. The van der Waals surface area contributed by atoms with Gasteiger partial charge in [0.05, 0.1) is 24.4 Å². The summed E-state index contributed by atoms with van der Waals surface area (Å²) in [4.78, 5) is 30.4. The average molecular weight is 416 g/mol. The number of hydrogen-bond donors (Lipinski definition) is 1. The summed E-state index contributed by atoms with van der Waals surface area (Å²) < 4.78 is 8.17. The highest BCUT2D eigenvalue weighted by molar-refractivity contribution is 5.80. The fourth-order valence-corrected chi connectivity index (χ4v) is 3.57. The standard InChI is InChI=1S/C24H24N4O3/c1-16-6-10-19(11-7-16)28-23-21(5-4-14-25-23)27(24(28)30)15-22(29)26-17(2)18-8-12-20(31-3)13-9-18/h4-14,17H,15H2,1-3H3,(H,26,29)/t17-/m0/s1. The van der Waals surface area contributed by atoms with Crippen molar-refractivity contribution in [3.8, 4) is 11.4 Å². The number of rotatable bonds is 6. The molecule has 4 aromatic rings. The second-order valence-electron chi connectivity index (χ2n) is 7.45. The summed E-state index contributed by atoms with van der Waals surface area (Å²) in [5, 5.41) is 2.96. The molecule has 0 saturated carbocycles. The van der Waals surface area contributed by atoms with E-state index in [-0.39, 0.29) is 24.2 Å². The summed E-state index contributed by atoms with van der Waals surface area (Å²) in [5.74, 6) is 0.502. The number of hydrogen-bond acceptors (Lipinski definition) is 4. The zero-order valence-corrected chi connectivity index (χ0v) is 17.7. The molecule has 0 aliphatic carbocycles. The summed E-state index contributed by atoms with van der Waals surface area (Å²) in [6.07, 6.45) is 1.64. The lowest BCUT2D eigenvalue weighted by molar-refractivity contribution is -0.122. The van der Waals surface area contributed by atoms with Crippen LogP contribution in [0.25, 0.3) is 16.9 Å². The number of ether oxygens (including phenoxy) is 1. The molecule has 1 amide bonds. The molecule has 0 radical (unpaired) electrons. The van der Waals surface area contributed by atoms with E-state index in [1.54, 1.807) is 25.4 Å². The molecule has 0 fully saturated rings. The summed E-state index contributed by atoms with van der Waals surface area (Å²) in [5.41, 5.74) is 3.59. The van der Waals surface area contributed by atoms with Crippen molar-refractivity contribution in [2.24, 2.45) is 0 Å². The Bertz CT molecular complexity index is 1270. The number of fused-ring (bicyclic) bond motifs is 1.